The smallest absolute Gasteiger partial charge is 0.0146 e. The standard InChI is InChI=1S/C20H33/c1-4-7-9-10-12-14-19-16-13-15-18(6-3)20(19)17-11-8-5-2/h13,15H,4-12,14,17H2,1-3H3. The molecule has 0 amide bonds. The van der Waals surface area contributed by atoms with Crippen molar-refractivity contribution in [3.05, 3.63) is 34.9 Å². The molecule has 0 aromatic heterocycles. The topological polar surface area (TPSA) is 0 Å². The Balaban J connectivity index is 2.58. The zero-order valence-electron chi connectivity index (χ0n) is 13.9. The van der Waals surface area contributed by atoms with E-state index in [1.54, 1.807) is 11.1 Å². The fourth-order valence-corrected chi connectivity index (χ4v) is 2.95. The summed E-state index contributed by atoms with van der Waals surface area (Å²) in [6.45, 7) is 6.85. The third kappa shape index (κ3) is 6.11. The first-order chi connectivity index (χ1) is 9.83. The van der Waals surface area contributed by atoms with Gasteiger partial charge < -0.3 is 0 Å². The van der Waals surface area contributed by atoms with Crippen molar-refractivity contribution in [2.75, 3.05) is 0 Å². The predicted molar refractivity (Wildman–Crippen MR) is 90.3 cm³/mol. The van der Waals surface area contributed by atoms with Crippen LogP contribution < -0.4 is 0 Å². The van der Waals surface area contributed by atoms with Crippen LogP contribution in [-0.2, 0) is 19.3 Å². The first-order valence-corrected chi connectivity index (χ1v) is 8.84. The predicted octanol–water partition coefficient (Wildman–Crippen LogP) is 6.29. The summed E-state index contributed by atoms with van der Waals surface area (Å²) in [5.41, 5.74) is 4.69. The summed E-state index contributed by atoms with van der Waals surface area (Å²) < 4.78 is 0. The number of unbranched alkanes of at least 4 members (excludes halogenated alkanes) is 6. The molecule has 0 aliphatic rings. The lowest BCUT2D eigenvalue weighted by atomic mass is 9.91. The monoisotopic (exact) mass is 273 g/mol. The Hall–Kier alpha value is -0.780. The molecule has 1 rings (SSSR count). The number of hydrogen-bond donors (Lipinski definition) is 0. The Morgan fingerprint density at radius 2 is 1.45 bits per heavy atom. The second-order valence-electron chi connectivity index (χ2n) is 5.93. The van der Waals surface area contributed by atoms with Crippen LogP contribution in [0.3, 0.4) is 0 Å². The molecule has 0 aliphatic heterocycles. The van der Waals surface area contributed by atoms with E-state index in [2.05, 4.69) is 39.0 Å². The lowest BCUT2D eigenvalue weighted by molar-refractivity contribution is 0.628. The largest absolute Gasteiger partial charge is 0.0654 e. The van der Waals surface area contributed by atoms with E-state index in [4.69, 9.17) is 0 Å². The number of hydrogen-bond acceptors (Lipinski definition) is 0. The highest BCUT2D eigenvalue weighted by Gasteiger charge is 2.07. The van der Waals surface area contributed by atoms with E-state index in [1.165, 1.54) is 76.2 Å². The van der Waals surface area contributed by atoms with Crippen molar-refractivity contribution < 1.29 is 0 Å². The van der Waals surface area contributed by atoms with E-state index in [-0.39, 0.29) is 0 Å². The first kappa shape index (κ1) is 17.3. The van der Waals surface area contributed by atoms with Crippen LogP contribution in [0.25, 0.3) is 0 Å². The molecule has 1 aromatic rings. The van der Waals surface area contributed by atoms with E-state index in [1.807, 2.05) is 0 Å². The molecule has 0 saturated carbocycles. The minimum absolute atomic E-state index is 1.17. The van der Waals surface area contributed by atoms with Crippen molar-refractivity contribution in [3.63, 3.8) is 0 Å². The van der Waals surface area contributed by atoms with Crippen LogP contribution in [0.2, 0.25) is 0 Å². The summed E-state index contributed by atoms with van der Waals surface area (Å²) in [6.07, 6.45) is 14.5. The Kier molecular flexibility index (Phi) is 9.45. The summed E-state index contributed by atoms with van der Waals surface area (Å²) in [5.74, 6) is 0. The molecule has 0 N–H and O–H groups in total. The van der Waals surface area contributed by atoms with Gasteiger partial charge in [-0.25, -0.2) is 0 Å². The molecule has 1 aromatic carbocycles. The molecule has 0 fully saturated rings. The van der Waals surface area contributed by atoms with Crippen LogP contribution in [0.15, 0.2) is 12.1 Å². The fraction of sp³-hybridized carbons (Fsp3) is 0.700. The molecule has 20 heavy (non-hydrogen) atoms. The molecular weight excluding hydrogens is 240 g/mol. The first-order valence-electron chi connectivity index (χ1n) is 8.84. The van der Waals surface area contributed by atoms with Crippen molar-refractivity contribution in [1.82, 2.24) is 0 Å². The van der Waals surface area contributed by atoms with Gasteiger partial charge in [-0.15, -0.1) is 0 Å². The number of aryl methyl sites for hydroxylation is 2. The molecule has 0 unspecified atom stereocenters. The highest BCUT2D eigenvalue weighted by Crippen LogP contribution is 2.21. The van der Waals surface area contributed by atoms with Gasteiger partial charge in [-0.3, -0.25) is 0 Å². The summed E-state index contributed by atoms with van der Waals surface area (Å²) in [6, 6.07) is 7.95. The maximum Gasteiger partial charge on any atom is -0.0146 e. The lowest BCUT2D eigenvalue weighted by Gasteiger charge is -2.14. The summed E-state index contributed by atoms with van der Waals surface area (Å²) in [4.78, 5) is 0. The third-order valence-corrected chi connectivity index (χ3v) is 4.24. The summed E-state index contributed by atoms with van der Waals surface area (Å²) in [7, 11) is 0. The zero-order valence-corrected chi connectivity index (χ0v) is 13.9. The average molecular weight is 273 g/mol. The Morgan fingerprint density at radius 3 is 2.15 bits per heavy atom. The van der Waals surface area contributed by atoms with Gasteiger partial charge in [0, 0.05) is 0 Å². The third-order valence-electron chi connectivity index (χ3n) is 4.24. The molecule has 113 valence electrons. The molecule has 0 bridgehead atoms. The van der Waals surface area contributed by atoms with Gasteiger partial charge in [-0.2, -0.15) is 0 Å². The summed E-state index contributed by atoms with van der Waals surface area (Å²) in [5, 5.41) is 0. The van der Waals surface area contributed by atoms with E-state index in [9.17, 15) is 0 Å². The van der Waals surface area contributed by atoms with Crippen molar-refractivity contribution in [3.8, 4) is 0 Å². The SMILES string of the molecule is CCCCCCCc1[c]ccc(CC)c1CCCCC. The quantitative estimate of drug-likeness (QED) is 0.415. The Labute approximate surface area is 127 Å². The van der Waals surface area contributed by atoms with E-state index >= 15 is 0 Å². The maximum atomic E-state index is 3.53. The molecule has 0 heteroatoms. The van der Waals surface area contributed by atoms with E-state index < -0.39 is 0 Å². The normalized spacial score (nSPS) is 10.9. The van der Waals surface area contributed by atoms with Gasteiger partial charge in [-0.1, -0.05) is 71.4 Å². The zero-order chi connectivity index (χ0) is 14.6. The van der Waals surface area contributed by atoms with Crippen LogP contribution >= 0.6 is 0 Å². The minimum Gasteiger partial charge on any atom is -0.0654 e. The highest BCUT2D eigenvalue weighted by atomic mass is 14.1. The second kappa shape index (κ2) is 10.9. The van der Waals surface area contributed by atoms with Crippen LogP contribution in [0, 0.1) is 6.07 Å². The molecule has 0 saturated heterocycles. The van der Waals surface area contributed by atoms with Gasteiger partial charge in [0.25, 0.3) is 0 Å². The van der Waals surface area contributed by atoms with Gasteiger partial charge in [0.2, 0.25) is 0 Å². The molecule has 0 spiro atoms. The van der Waals surface area contributed by atoms with Crippen molar-refractivity contribution >= 4 is 0 Å². The van der Waals surface area contributed by atoms with Crippen molar-refractivity contribution in [2.24, 2.45) is 0 Å². The average Bonchev–Trinajstić information content (AvgIpc) is 2.48. The van der Waals surface area contributed by atoms with E-state index in [0.717, 1.165) is 0 Å². The Bertz CT molecular complexity index is 351. The second-order valence-corrected chi connectivity index (χ2v) is 5.93. The molecule has 0 aliphatic carbocycles. The van der Waals surface area contributed by atoms with Gasteiger partial charge in [0.1, 0.15) is 0 Å². The number of benzene rings is 1. The molecule has 0 atom stereocenters. The molecule has 0 nitrogen and oxygen atoms in total. The number of rotatable bonds is 11. The fourth-order valence-electron chi connectivity index (χ4n) is 2.95. The van der Waals surface area contributed by atoms with Gasteiger partial charge >= 0.3 is 0 Å². The lowest BCUT2D eigenvalue weighted by Crippen LogP contribution is -2.01. The van der Waals surface area contributed by atoms with Crippen molar-refractivity contribution in [1.29, 1.82) is 0 Å². The minimum atomic E-state index is 1.17. The molecular formula is C20H33. The van der Waals surface area contributed by atoms with Gasteiger partial charge in [-0.05, 0) is 54.9 Å². The van der Waals surface area contributed by atoms with Crippen LogP contribution in [0.4, 0.5) is 0 Å². The Morgan fingerprint density at radius 1 is 0.800 bits per heavy atom. The van der Waals surface area contributed by atoms with Crippen LogP contribution in [-0.4, -0.2) is 0 Å². The maximum absolute atomic E-state index is 3.53. The van der Waals surface area contributed by atoms with Crippen LogP contribution in [0.5, 0.6) is 0 Å². The van der Waals surface area contributed by atoms with Gasteiger partial charge in [0.15, 0.2) is 0 Å². The molecule has 1 radical (unpaired) electrons. The van der Waals surface area contributed by atoms with E-state index in [0.29, 0.717) is 0 Å². The molecule has 0 heterocycles. The summed E-state index contributed by atoms with van der Waals surface area (Å²) >= 11 is 0. The van der Waals surface area contributed by atoms with Gasteiger partial charge in [0.05, 0.1) is 0 Å². The van der Waals surface area contributed by atoms with Crippen LogP contribution in [0.1, 0.15) is 88.8 Å². The highest BCUT2D eigenvalue weighted by molar-refractivity contribution is 5.35. The van der Waals surface area contributed by atoms with Crippen molar-refractivity contribution in [2.45, 2.75) is 91.4 Å².